The Labute approximate surface area is 393 Å². The van der Waals surface area contributed by atoms with Crippen molar-refractivity contribution in [3.05, 3.63) is 0 Å². The molecule has 0 aromatic heterocycles. The molecular formula is C57H110O6. The third-order valence-corrected chi connectivity index (χ3v) is 13.3. The third-order valence-electron chi connectivity index (χ3n) is 13.3. The van der Waals surface area contributed by atoms with E-state index in [1.807, 2.05) is 0 Å². The van der Waals surface area contributed by atoms with Crippen molar-refractivity contribution in [2.24, 2.45) is 17.8 Å². The highest BCUT2D eigenvalue weighted by Gasteiger charge is 2.19. The van der Waals surface area contributed by atoms with E-state index in [4.69, 9.17) is 14.2 Å². The van der Waals surface area contributed by atoms with Crippen molar-refractivity contribution in [2.45, 2.75) is 317 Å². The zero-order chi connectivity index (χ0) is 46.3. The van der Waals surface area contributed by atoms with E-state index in [1.165, 1.54) is 193 Å². The van der Waals surface area contributed by atoms with Gasteiger partial charge >= 0.3 is 17.9 Å². The Morgan fingerprint density at radius 1 is 0.317 bits per heavy atom. The Kier molecular flexibility index (Phi) is 47.1. The van der Waals surface area contributed by atoms with Gasteiger partial charge in [-0.2, -0.15) is 0 Å². The van der Waals surface area contributed by atoms with Crippen LogP contribution in [-0.2, 0) is 28.6 Å². The minimum absolute atomic E-state index is 0.0640. The number of ether oxygens (including phenoxy) is 3. The van der Waals surface area contributed by atoms with Gasteiger partial charge in [0.25, 0.3) is 0 Å². The average Bonchev–Trinajstić information content (AvgIpc) is 3.25. The van der Waals surface area contributed by atoms with Crippen LogP contribution in [-0.4, -0.2) is 37.2 Å². The van der Waals surface area contributed by atoms with Crippen molar-refractivity contribution >= 4 is 17.9 Å². The van der Waals surface area contributed by atoms with E-state index >= 15 is 0 Å². The van der Waals surface area contributed by atoms with Crippen molar-refractivity contribution < 1.29 is 28.6 Å². The lowest BCUT2D eigenvalue weighted by Gasteiger charge is -2.18. The molecule has 0 fully saturated rings. The molecule has 0 amide bonds. The Balaban J connectivity index is 4.30. The maximum absolute atomic E-state index is 12.8. The number of carbonyl (C=O) groups excluding carboxylic acids is 3. The molecule has 0 aliphatic heterocycles. The van der Waals surface area contributed by atoms with E-state index in [1.54, 1.807) is 0 Å². The largest absolute Gasteiger partial charge is 0.462 e. The first kappa shape index (κ1) is 61.4. The Morgan fingerprint density at radius 2 is 0.556 bits per heavy atom. The van der Waals surface area contributed by atoms with Gasteiger partial charge in [-0.05, 0) is 37.0 Å². The Bertz CT molecular complexity index is 978. The lowest BCUT2D eigenvalue weighted by molar-refractivity contribution is -0.167. The zero-order valence-electron chi connectivity index (χ0n) is 43.4. The van der Waals surface area contributed by atoms with Gasteiger partial charge < -0.3 is 14.2 Å². The van der Waals surface area contributed by atoms with Crippen molar-refractivity contribution in [1.82, 2.24) is 0 Å². The molecule has 0 N–H and O–H groups in total. The quantitative estimate of drug-likeness (QED) is 0.0344. The summed E-state index contributed by atoms with van der Waals surface area (Å²) in [4.78, 5) is 38.1. The molecule has 0 rings (SSSR count). The molecule has 0 aromatic carbocycles. The van der Waals surface area contributed by atoms with E-state index in [9.17, 15) is 14.4 Å². The van der Waals surface area contributed by atoms with Crippen molar-refractivity contribution in [2.75, 3.05) is 13.2 Å². The minimum atomic E-state index is -0.763. The second-order valence-electron chi connectivity index (χ2n) is 20.8. The van der Waals surface area contributed by atoms with Crippen LogP contribution in [0.15, 0.2) is 0 Å². The van der Waals surface area contributed by atoms with Gasteiger partial charge in [-0.1, -0.05) is 273 Å². The fraction of sp³-hybridized carbons (Fsp3) is 0.947. The summed E-state index contributed by atoms with van der Waals surface area (Å²) >= 11 is 0. The van der Waals surface area contributed by atoms with Crippen LogP contribution < -0.4 is 0 Å². The summed E-state index contributed by atoms with van der Waals surface area (Å²) in [5.74, 6) is 1.68. The van der Waals surface area contributed by atoms with E-state index < -0.39 is 6.10 Å². The summed E-state index contributed by atoms with van der Waals surface area (Å²) in [5.41, 5.74) is 0. The molecule has 1 unspecified atom stereocenters. The molecule has 0 aliphatic carbocycles. The monoisotopic (exact) mass is 891 g/mol. The topological polar surface area (TPSA) is 78.9 Å². The van der Waals surface area contributed by atoms with Gasteiger partial charge in [0.15, 0.2) is 6.10 Å². The molecule has 0 saturated carbocycles. The van der Waals surface area contributed by atoms with Crippen molar-refractivity contribution in [3.63, 3.8) is 0 Å². The highest BCUT2D eigenvalue weighted by atomic mass is 16.6. The number of unbranched alkanes of at least 4 members (excludes halogenated alkanes) is 32. The summed E-state index contributed by atoms with van der Waals surface area (Å²) in [6.07, 6.45) is 49.4. The number of esters is 3. The predicted octanol–water partition coefficient (Wildman–Crippen LogP) is 18.3. The van der Waals surface area contributed by atoms with E-state index in [-0.39, 0.29) is 31.1 Å². The van der Waals surface area contributed by atoms with E-state index in [2.05, 4.69) is 41.5 Å². The Morgan fingerprint density at radius 3 is 0.825 bits per heavy atom. The van der Waals surface area contributed by atoms with Crippen molar-refractivity contribution in [3.8, 4) is 0 Å². The van der Waals surface area contributed by atoms with Gasteiger partial charge in [0, 0.05) is 19.3 Å². The molecule has 2 atom stereocenters. The number of rotatable bonds is 50. The zero-order valence-corrected chi connectivity index (χ0v) is 43.4. The maximum atomic E-state index is 12.8. The summed E-state index contributed by atoms with van der Waals surface area (Å²) in [6, 6.07) is 0. The molecule has 0 heterocycles. The molecule has 6 nitrogen and oxygen atoms in total. The predicted molar refractivity (Wildman–Crippen MR) is 270 cm³/mol. The lowest BCUT2D eigenvalue weighted by Crippen LogP contribution is -2.30. The molecule has 0 radical (unpaired) electrons. The third kappa shape index (κ3) is 49.7. The van der Waals surface area contributed by atoms with E-state index in [0.717, 1.165) is 75.5 Å². The summed E-state index contributed by atoms with van der Waals surface area (Å²) < 4.78 is 16.9. The summed E-state index contributed by atoms with van der Waals surface area (Å²) in [6.45, 7) is 13.8. The highest BCUT2D eigenvalue weighted by molar-refractivity contribution is 5.71. The molecule has 0 aliphatic rings. The van der Waals surface area contributed by atoms with Gasteiger partial charge in [-0.15, -0.1) is 0 Å². The first-order valence-electron chi connectivity index (χ1n) is 28.1. The molecule has 63 heavy (non-hydrogen) atoms. The molecule has 0 saturated heterocycles. The Hall–Kier alpha value is -1.59. The fourth-order valence-corrected chi connectivity index (χ4v) is 8.61. The van der Waals surface area contributed by atoms with Crippen molar-refractivity contribution in [1.29, 1.82) is 0 Å². The normalized spacial score (nSPS) is 12.6. The number of carbonyl (C=O) groups is 3. The second-order valence-corrected chi connectivity index (χ2v) is 20.8. The van der Waals surface area contributed by atoms with Gasteiger partial charge in [0.05, 0.1) is 0 Å². The maximum Gasteiger partial charge on any atom is 0.306 e. The van der Waals surface area contributed by atoms with Crippen LogP contribution in [0.25, 0.3) is 0 Å². The molecule has 0 bridgehead atoms. The first-order chi connectivity index (χ1) is 30.6. The average molecular weight is 892 g/mol. The molecule has 374 valence electrons. The van der Waals surface area contributed by atoms with E-state index in [0.29, 0.717) is 19.3 Å². The molecular weight excluding hydrogens is 781 g/mol. The van der Waals surface area contributed by atoms with Gasteiger partial charge in [0.2, 0.25) is 0 Å². The summed E-state index contributed by atoms with van der Waals surface area (Å²) in [5, 5.41) is 0. The number of hydrogen-bond donors (Lipinski definition) is 0. The van der Waals surface area contributed by atoms with Gasteiger partial charge in [-0.25, -0.2) is 0 Å². The first-order valence-corrected chi connectivity index (χ1v) is 28.1. The standard InChI is InChI=1S/C57H110O6/c1-7-53(6)45-39-33-27-23-24-29-35-41-47-56(59)62-50-54(49-61-55(58)46-40-34-28-21-17-14-10-12-16-20-26-32-38-44-52(4)5)63-57(60)48-42-36-30-22-18-13-9-8-11-15-19-25-31-37-43-51(2)3/h51-54H,7-50H2,1-6H3/t53?,54-/m1/s1. The molecule has 0 aromatic rings. The highest BCUT2D eigenvalue weighted by Crippen LogP contribution is 2.18. The van der Waals surface area contributed by atoms with Crippen LogP contribution in [0.1, 0.15) is 311 Å². The molecule has 0 spiro atoms. The fourth-order valence-electron chi connectivity index (χ4n) is 8.61. The van der Waals surface area contributed by atoms with Crippen LogP contribution >= 0.6 is 0 Å². The minimum Gasteiger partial charge on any atom is -0.462 e. The smallest absolute Gasteiger partial charge is 0.306 e. The molecule has 6 heteroatoms. The van der Waals surface area contributed by atoms with Gasteiger partial charge in [-0.3, -0.25) is 14.4 Å². The van der Waals surface area contributed by atoms with Crippen LogP contribution in [0.5, 0.6) is 0 Å². The van der Waals surface area contributed by atoms with Crippen LogP contribution in [0.2, 0.25) is 0 Å². The van der Waals surface area contributed by atoms with Crippen LogP contribution in [0, 0.1) is 17.8 Å². The number of hydrogen-bond acceptors (Lipinski definition) is 6. The van der Waals surface area contributed by atoms with Gasteiger partial charge in [0.1, 0.15) is 13.2 Å². The lowest BCUT2D eigenvalue weighted by atomic mass is 9.99. The van der Waals surface area contributed by atoms with Crippen LogP contribution in [0.3, 0.4) is 0 Å². The summed E-state index contributed by atoms with van der Waals surface area (Å²) in [7, 11) is 0. The SMILES string of the molecule is CCC(C)CCCCCCCCCCC(=O)OC[C@@H](COC(=O)CCCCCCCCCCCCCCCC(C)C)OC(=O)CCCCCCCCCCCCCCCCC(C)C. The van der Waals surface area contributed by atoms with Crippen LogP contribution in [0.4, 0.5) is 0 Å². The second kappa shape index (κ2) is 48.3.